The van der Waals surface area contributed by atoms with Crippen LogP contribution in [0.1, 0.15) is 47.3 Å². The van der Waals surface area contributed by atoms with Gasteiger partial charge in [-0.05, 0) is 56.5 Å². The van der Waals surface area contributed by atoms with Crippen LogP contribution in [-0.4, -0.2) is 33.0 Å². The molecule has 0 atom stereocenters. The van der Waals surface area contributed by atoms with E-state index in [-0.39, 0.29) is 18.3 Å². The van der Waals surface area contributed by atoms with Gasteiger partial charge in [-0.15, -0.1) is 11.3 Å². The van der Waals surface area contributed by atoms with Gasteiger partial charge in [-0.2, -0.15) is 0 Å². The quantitative estimate of drug-likeness (QED) is 0.304. The van der Waals surface area contributed by atoms with Crippen molar-refractivity contribution in [1.29, 1.82) is 0 Å². The molecule has 1 saturated carbocycles. The van der Waals surface area contributed by atoms with Crippen molar-refractivity contribution in [1.82, 2.24) is 14.5 Å². The van der Waals surface area contributed by atoms with Gasteiger partial charge in [0.2, 0.25) is 0 Å². The molecule has 2 aromatic heterocycles. The molecule has 35 heavy (non-hydrogen) atoms. The van der Waals surface area contributed by atoms with Crippen LogP contribution in [0.4, 0.5) is 15.2 Å². The first kappa shape index (κ1) is 23.2. The van der Waals surface area contributed by atoms with Gasteiger partial charge in [0.1, 0.15) is 17.3 Å². The van der Waals surface area contributed by atoms with Gasteiger partial charge in [0, 0.05) is 36.4 Å². The van der Waals surface area contributed by atoms with E-state index in [4.69, 9.17) is 4.98 Å². The van der Waals surface area contributed by atoms with Crippen molar-refractivity contribution in [3.8, 4) is 0 Å². The fourth-order valence-corrected chi connectivity index (χ4v) is 5.14. The van der Waals surface area contributed by atoms with E-state index in [9.17, 15) is 9.18 Å². The van der Waals surface area contributed by atoms with Crippen molar-refractivity contribution in [3.63, 3.8) is 0 Å². The summed E-state index contributed by atoms with van der Waals surface area (Å²) in [4.78, 5) is 27.0. The second-order valence-corrected chi connectivity index (χ2v) is 9.63. The number of hydrogen-bond acceptors (Lipinski definition) is 5. The molecular weight excluding hydrogens is 461 g/mol. The van der Waals surface area contributed by atoms with Crippen molar-refractivity contribution in [3.05, 3.63) is 94.8 Å². The minimum atomic E-state index is -0.344. The third kappa shape index (κ3) is 5.27. The Morgan fingerprint density at radius 3 is 2.54 bits per heavy atom. The smallest absolute Gasteiger partial charge is 0.278 e. The molecule has 6 nitrogen and oxygen atoms in total. The summed E-state index contributed by atoms with van der Waals surface area (Å²) < 4.78 is 15.6. The van der Waals surface area contributed by atoms with Crippen molar-refractivity contribution in [2.45, 2.75) is 45.8 Å². The van der Waals surface area contributed by atoms with Crippen molar-refractivity contribution >= 4 is 28.1 Å². The lowest BCUT2D eigenvalue weighted by Crippen LogP contribution is -2.31. The number of amides is 1. The Kier molecular flexibility index (Phi) is 6.63. The topological polar surface area (TPSA) is 54.3 Å². The van der Waals surface area contributed by atoms with Crippen LogP contribution in [0.15, 0.2) is 66.2 Å². The fraction of sp³-hybridized carbons (Fsp3) is 0.296. The fourth-order valence-electron chi connectivity index (χ4n) is 4.19. The highest BCUT2D eigenvalue weighted by Crippen LogP contribution is 2.33. The molecule has 1 fully saturated rings. The Morgan fingerprint density at radius 2 is 1.86 bits per heavy atom. The Morgan fingerprint density at radius 1 is 1.11 bits per heavy atom. The molecule has 4 aromatic rings. The average Bonchev–Trinajstić information content (AvgIpc) is 3.49. The van der Waals surface area contributed by atoms with E-state index in [1.165, 1.54) is 25.0 Å². The molecule has 0 radical (unpaired) electrons. The van der Waals surface area contributed by atoms with E-state index in [0.29, 0.717) is 24.0 Å². The SMILES string of the molecule is CCN(c1nc(CN(C(=O)c2cn(Cc3ccccc3)c(C)n2)c2ccc(F)cc2)cs1)C1CC1. The second kappa shape index (κ2) is 10.00. The summed E-state index contributed by atoms with van der Waals surface area (Å²) >= 11 is 1.60. The van der Waals surface area contributed by atoms with E-state index >= 15 is 0 Å². The van der Waals surface area contributed by atoms with Gasteiger partial charge in [-0.25, -0.2) is 14.4 Å². The summed E-state index contributed by atoms with van der Waals surface area (Å²) in [6.45, 7) is 5.87. The molecule has 1 aliphatic rings. The number of rotatable bonds is 9. The normalized spacial score (nSPS) is 13.1. The van der Waals surface area contributed by atoms with Gasteiger partial charge in [0.15, 0.2) is 5.13 Å². The Labute approximate surface area is 208 Å². The van der Waals surface area contributed by atoms with Crippen LogP contribution in [0, 0.1) is 12.7 Å². The minimum Gasteiger partial charge on any atom is -0.345 e. The van der Waals surface area contributed by atoms with Gasteiger partial charge < -0.3 is 14.4 Å². The lowest BCUT2D eigenvalue weighted by atomic mass is 10.2. The van der Waals surface area contributed by atoms with Crippen molar-refractivity contribution in [2.24, 2.45) is 0 Å². The summed E-state index contributed by atoms with van der Waals surface area (Å²) in [5.74, 6) is 0.175. The van der Waals surface area contributed by atoms with Crippen LogP contribution in [0.5, 0.6) is 0 Å². The Bertz CT molecular complexity index is 1300. The maximum atomic E-state index is 13.7. The molecule has 2 aromatic carbocycles. The number of carbonyl (C=O) groups excluding carboxylic acids is 1. The summed E-state index contributed by atoms with van der Waals surface area (Å²) in [5.41, 5.74) is 2.90. The van der Waals surface area contributed by atoms with Crippen LogP contribution >= 0.6 is 11.3 Å². The third-order valence-electron chi connectivity index (χ3n) is 6.21. The molecule has 0 N–H and O–H groups in total. The molecule has 5 rings (SSSR count). The van der Waals surface area contributed by atoms with E-state index in [1.54, 1.807) is 34.6 Å². The molecule has 8 heteroatoms. The van der Waals surface area contributed by atoms with Gasteiger partial charge in [-0.3, -0.25) is 4.79 Å². The summed E-state index contributed by atoms with van der Waals surface area (Å²) in [6.07, 6.45) is 4.20. The maximum absolute atomic E-state index is 13.7. The highest BCUT2D eigenvalue weighted by molar-refractivity contribution is 7.13. The number of hydrogen-bond donors (Lipinski definition) is 0. The summed E-state index contributed by atoms with van der Waals surface area (Å²) in [5, 5.41) is 2.99. The molecule has 180 valence electrons. The van der Waals surface area contributed by atoms with E-state index in [0.717, 1.165) is 28.8 Å². The van der Waals surface area contributed by atoms with E-state index in [2.05, 4.69) is 16.8 Å². The van der Waals surface area contributed by atoms with Gasteiger partial charge in [0.05, 0.1) is 12.2 Å². The number of anilines is 2. The van der Waals surface area contributed by atoms with Gasteiger partial charge in [0.25, 0.3) is 5.91 Å². The molecule has 0 saturated heterocycles. The first-order chi connectivity index (χ1) is 17.0. The standard InChI is InChI=1S/C27H28FN5OS/c1-3-32(23-13-14-23)27-30-22(18-35-27)16-33(24-11-9-21(28)10-12-24)26(34)25-17-31(19(2)29-25)15-20-7-5-4-6-8-20/h4-12,17-18,23H,3,13-16H2,1-2H3. The first-order valence-corrected chi connectivity index (χ1v) is 12.8. The number of aryl methyl sites for hydroxylation is 1. The number of benzene rings is 2. The van der Waals surface area contributed by atoms with E-state index < -0.39 is 0 Å². The van der Waals surface area contributed by atoms with Crippen LogP contribution in [-0.2, 0) is 13.1 Å². The zero-order chi connectivity index (χ0) is 24.4. The van der Waals surface area contributed by atoms with Gasteiger partial charge >= 0.3 is 0 Å². The first-order valence-electron chi connectivity index (χ1n) is 11.9. The Balaban J connectivity index is 1.41. The molecule has 1 aliphatic carbocycles. The number of thiazole rings is 1. The largest absolute Gasteiger partial charge is 0.345 e. The molecular formula is C27H28FN5OS. The van der Waals surface area contributed by atoms with Crippen molar-refractivity contribution < 1.29 is 9.18 Å². The lowest BCUT2D eigenvalue weighted by Gasteiger charge is -2.21. The molecule has 2 heterocycles. The zero-order valence-corrected chi connectivity index (χ0v) is 20.7. The number of aromatic nitrogens is 3. The summed E-state index contributed by atoms with van der Waals surface area (Å²) in [6, 6.07) is 16.6. The molecule has 0 unspecified atom stereocenters. The number of nitrogens with zero attached hydrogens (tertiary/aromatic N) is 5. The van der Waals surface area contributed by atoms with Crippen molar-refractivity contribution in [2.75, 3.05) is 16.3 Å². The van der Waals surface area contributed by atoms with Crippen LogP contribution in [0.25, 0.3) is 0 Å². The highest BCUT2D eigenvalue weighted by atomic mass is 32.1. The average molecular weight is 490 g/mol. The molecule has 0 bridgehead atoms. The summed E-state index contributed by atoms with van der Waals surface area (Å²) in [7, 11) is 0. The second-order valence-electron chi connectivity index (χ2n) is 8.79. The number of carbonyl (C=O) groups is 1. The lowest BCUT2D eigenvalue weighted by molar-refractivity contribution is 0.0980. The molecule has 0 aliphatic heterocycles. The van der Waals surface area contributed by atoms with E-state index in [1.807, 2.05) is 47.2 Å². The van der Waals surface area contributed by atoms with Crippen LogP contribution in [0.3, 0.4) is 0 Å². The maximum Gasteiger partial charge on any atom is 0.278 e. The minimum absolute atomic E-state index is 0.240. The number of halogens is 1. The third-order valence-corrected chi connectivity index (χ3v) is 7.13. The zero-order valence-electron chi connectivity index (χ0n) is 19.9. The van der Waals surface area contributed by atoms with Crippen LogP contribution in [0.2, 0.25) is 0 Å². The number of imidazole rings is 1. The molecule has 1 amide bonds. The van der Waals surface area contributed by atoms with Gasteiger partial charge in [-0.1, -0.05) is 30.3 Å². The molecule has 0 spiro atoms. The highest BCUT2D eigenvalue weighted by Gasteiger charge is 2.30. The Hall–Kier alpha value is -3.52. The predicted molar refractivity (Wildman–Crippen MR) is 138 cm³/mol. The predicted octanol–water partition coefficient (Wildman–Crippen LogP) is 5.67. The van der Waals surface area contributed by atoms with Crippen LogP contribution < -0.4 is 9.80 Å². The monoisotopic (exact) mass is 489 g/mol.